The van der Waals surface area contributed by atoms with Gasteiger partial charge in [0.15, 0.2) is 5.13 Å². The van der Waals surface area contributed by atoms with Gasteiger partial charge in [0.1, 0.15) is 0 Å². The number of nitrogens with one attached hydrogen (secondary N) is 1. The largest absolute Gasteiger partial charge is 0.399 e. The molecule has 3 N–H and O–H groups in total. The van der Waals surface area contributed by atoms with Crippen LogP contribution >= 0.6 is 11.3 Å². The van der Waals surface area contributed by atoms with E-state index in [-0.39, 0.29) is 0 Å². The van der Waals surface area contributed by atoms with Crippen molar-refractivity contribution < 1.29 is 0 Å². The van der Waals surface area contributed by atoms with Gasteiger partial charge in [-0.2, -0.15) is 0 Å². The first kappa shape index (κ1) is 12.7. The molecule has 0 saturated heterocycles. The van der Waals surface area contributed by atoms with Gasteiger partial charge >= 0.3 is 0 Å². The second-order valence-corrected chi connectivity index (χ2v) is 5.51. The number of aryl methyl sites for hydroxylation is 1. The van der Waals surface area contributed by atoms with Gasteiger partial charge in [-0.3, -0.25) is 0 Å². The first-order valence-electron chi connectivity index (χ1n) is 6.36. The van der Waals surface area contributed by atoms with Crippen molar-refractivity contribution in [1.82, 2.24) is 4.98 Å². The normalized spacial score (nSPS) is 10.4. The van der Waals surface area contributed by atoms with E-state index < -0.39 is 0 Å². The topological polar surface area (TPSA) is 50.9 Å². The molecule has 0 atom stereocenters. The molecule has 1 heterocycles. The highest BCUT2D eigenvalue weighted by molar-refractivity contribution is 7.14. The summed E-state index contributed by atoms with van der Waals surface area (Å²) in [6.45, 7) is 2.08. The molecule has 0 bridgehead atoms. The maximum Gasteiger partial charge on any atom is 0.187 e. The van der Waals surface area contributed by atoms with Crippen LogP contribution in [0.15, 0.2) is 53.9 Å². The molecule has 0 aliphatic carbocycles. The second kappa shape index (κ2) is 5.35. The molecule has 0 aliphatic heterocycles. The molecule has 3 nitrogen and oxygen atoms in total. The third kappa shape index (κ3) is 2.81. The third-order valence-corrected chi connectivity index (χ3v) is 3.74. The van der Waals surface area contributed by atoms with Crippen LogP contribution in [0.1, 0.15) is 5.56 Å². The zero-order valence-electron chi connectivity index (χ0n) is 11.1. The van der Waals surface area contributed by atoms with Gasteiger partial charge in [0, 0.05) is 22.3 Å². The fraction of sp³-hybridized carbons (Fsp3) is 0.0625. The van der Waals surface area contributed by atoms with Crippen molar-refractivity contribution >= 4 is 27.8 Å². The highest BCUT2D eigenvalue weighted by Gasteiger charge is 2.04. The van der Waals surface area contributed by atoms with E-state index in [0.29, 0.717) is 0 Å². The zero-order valence-corrected chi connectivity index (χ0v) is 11.9. The van der Waals surface area contributed by atoms with E-state index in [2.05, 4.69) is 29.4 Å². The van der Waals surface area contributed by atoms with Crippen LogP contribution in [-0.4, -0.2) is 4.98 Å². The number of nitrogens with two attached hydrogens (primary N) is 1. The van der Waals surface area contributed by atoms with Crippen LogP contribution in [0.4, 0.5) is 16.5 Å². The van der Waals surface area contributed by atoms with Gasteiger partial charge in [-0.25, -0.2) is 4.98 Å². The van der Waals surface area contributed by atoms with E-state index in [1.54, 1.807) is 11.3 Å². The van der Waals surface area contributed by atoms with Crippen LogP contribution in [0.3, 0.4) is 0 Å². The summed E-state index contributed by atoms with van der Waals surface area (Å²) in [5, 5.41) is 6.27. The summed E-state index contributed by atoms with van der Waals surface area (Å²) in [5.74, 6) is 0. The fourth-order valence-corrected chi connectivity index (χ4v) is 2.70. The van der Waals surface area contributed by atoms with Crippen LogP contribution in [0.25, 0.3) is 11.3 Å². The van der Waals surface area contributed by atoms with Crippen LogP contribution < -0.4 is 11.1 Å². The highest BCUT2D eigenvalue weighted by atomic mass is 32.1. The van der Waals surface area contributed by atoms with Gasteiger partial charge in [0.2, 0.25) is 0 Å². The number of nitrogens with zero attached hydrogens (tertiary/aromatic N) is 1. The predicted molar refractivity (Wildman–Crippen MR) is 86.4 cm³/mol. The van der Waals surface area contributed by atoms with E-state index >= 15 is 0 Å². The molecule has 0 saturated carbocycles. The van der Waals surface area contributed by atoms with Gasteiger partial charge in [-0.05, 0) is 36.8 Å². The van der Waals surface area contributed by atoms with Crippen molar-refractivity contribution in [1.29, 1.82) is 0 Å². The number of thiazole rings is 1. The third-order valence-electron chi connectivity index (χ3n) is 2.98. The summed E-state index contributed by atoms with van der Waals surface area (Å²) in [5.41, 5.74) is 10.8. The van der Waals surface area contributed by atoms with E-state index in [4.69, 9.17) is 5.73 Å². The highest BCUT2D eigenvalue weighted by Crippen LogP contribution is 2.27. The van der Waals surface area contributed by atoms with Crippen LogP contribution in [0, 0.1) is 6.92 Å². The molecule has 4 heteroatoms. The maximum absolute atomic E-state index is 5.70. The summed E-state index contributed by atoms with van der Waals surface area (Å²) >= 11 is 1.60. The minimum atomic E-state index is 0.766. The number of aromatic nitrogens is 1. The Morgan fingerprint density at radius 1 is 1.10 bits per heavy atom. The summed E-state index contributed by atoms with van der Waals surface area (Å²) in [7, 11) is 0. The number of benzene rings is 2. The van der Waals surface area contributed by atoms with Crippen molar-refractivity contribution in [3.63, 3.8) is 0 Å². The summed E-state index contributed by atoms with van der Waals surface area (Å²) in [6, 6.07) is 16.0. The Labute approximate surface area is 122 Å². The molecule has 2 aromatic carbocycles. The Bertz CT molecular complexity index is 717. The van der Waals surface area contributed by atoms with Crippen molar-refractivity contribution in [2.75, 3.05) is 11.1 Å². The molecule has 0 unspecified atom stereocenters. The maximum atomic E-state index is 5.70. The van der Waals surface area contributed by atoms with Crippen LogP contribution in [-0.2, 0) is 0 Å². The molecule has 3 aromatic rings. The number of hydrogen-bond acceptors (Lipinski definition) is 4. The first-order chi connectivity index (χ1) is 9.70. The SMILES string of the molecule is Cc1cccc(Nc2nc(-c3ccc(N)cc3)cs2)c1. The standard InChI is InChI=1S/C16H15N3S/c1-11-3-2-4-14(9-11)18-16-19-15(10-20-16)12-5-7-13(17)8-6-12/h2-10H,17H2,1H3,(H,18,19). The smallest absolute Gasteiger partial charge is 0.187 e. The van der Waals surface area contributed by atoms with Gasteiger partial charge in [-0.15, -0.1) is 11.3 Å². The lowest BCUT2D eigenvalue weighted by molar-refractivity contribution is 1.37. The average Bonchev–Trinajstić information content (AvgIpc) is 2.88. The zero-order chi connectivity index (χ0) is 13.9. The van der Waals surface area contributed by atoms with Gasteiger partial charge in [-0.1, -0.05) is 24.3 Å². The predicted octanol–water partition coefficient (Wildman–Crippen LogP) is 4.44. The Morgan fingerprint density at radius 2 is 1.90 bits per heavy atom. The van der Waals surface area contributed by atoms with E-state index in [1.807, 2.05) is 41.8 Å². The van der Waals surface area contributed by atoms with Crippen LogP contribution in [0.5, 0.6) is 0 Å². The van der Waals surface area contributed by atoms with E-state index in [1.165, 1.54) is 5.56 Å². The average molecular weight is 281 g/mol. The minimum Gasteiger partial charge on any atom is -0.399 e. The Kier molecular flexibility index (Phi) is 3.39. The first-order valence-corrected chi connectivity index (χ1v) is 7.24. The number of hydrogen-bond donors (Lipinski definition) is 2. The monoisotopic (exact) mass is 281 g/mol. The second-order valence-electron chi connectivity index (χ2n) is 4.65. The molecule has 0 radical (unpaired) electrons. The molecule has 0 amide bonds. The number of rotatable bonds is 3. The van der Waals surface area contributed by atoms with Crippen molar-refractivity contribution in [3.05, 3.63) is 59.5 Å². The summed E-state index contributed by atoms with van der Waals surface area (Å²) in [6.07, 6.45) is 0. The molecule has 100 valence electrons. The fourth-order valence-electron chi connectivity index (χ4n) is 1.96. The molecule has 3 rings (SSSR count). The molecule has 0 spiro atoms. The van der Waals surface area contributed by atoms with Crippen molar-refractivity contribution in [2.24, 2.45) is 0 Å². The summed E-state index contributed by atoms with van der Waals surface area (Å²) in [4.78, 5) is 4.60. The number of nitrogen functional groups attached to an aromatic ring is 1. The lowest BCUT2D eigenvalue weighted by atomic mass is 10.1. The lowest BCUT2D eigenvalue weighted by Crippen LogP contribution is -1.90. The molecule has 20 heavy (non-hydrogen) atoms. The molecular weight excluding hydrogens is 266 g/mol. The van der Waals surface area contributed by atoms with Crippen molar-refractivity contribution in [2.45, 2.75) is 6.92 Å². The lowest BCUT2D eigenvalue weighted by Gasteiger charge is -2.03. The Hall–Kier alpha value is -2.33. The van der Waals surface area contributed by atoms with Gasteiger partial charge in [0.05, 0.1) is 5.69 Å². The Balaban J connectivity index is 1.82. The van der Waals surface area contributed by atoms with E-state index in [0.717, 1.165) is 27.8 Å². The quantitative estimate of drug-likeness (QED) is 0.698. The van der Waals surface area contributed by atoms with E-state index in [9.17, 15) is 0 Å². The molecule has 1 aromatic heterocycles. The van der Waals surface area contributed by atoms with Gasteiger partial charge < -0.3 is 11.1 Å². The number of anilines is 3. The molecule has 0 aliphatic rings. The summed E-state index contributed by atoms with van der Waals surface area (Å²) < 4.78 is 0. The minimum absolute atomic E-state index is 0.766. The van der Waals surface area contributed by atoms with Crippen molar-refractivity contribution in [3.8, 4) is 11.3 Å². The molecular formula is C16H15N3S. The molecule has 0 fully saturated rings. The Morgan fingerprint density at radius 3 is 2.65 bits per heavy atom. The van der Waals surface area contributed by atoms with Crippen LogP contribution in [0.2, 0.25) is 0 Å². The van der Waals surface area contributed by atoms with Gasteiger partial charge in [0.25, 0.3) is 0 Å².